The molecule has 0 aromatic heterocycles. The molecule has 0 aliphatic rings. The van der Waals surface area contributed by atoms with Crippen LogP contribution in [0.4, 0.5) is 0 Å². The number of carboxylic acid groups (broad SMARTS) is 1. The number of hydrogen-bond donors (Lipinski definition) is 2. The third kappa shape index (κ3) is 3.74. The molecule has 4 nitrogen and oxygen atoms in total. The summed E-state index contributed by atoms with van der Waals surface area (Å²) in [6, 6.07) is 7.32. The molecule has 0 aliphatic carbocycles. The molecule has 0 amide bonds. The van der Waals surface area contributed by atoms with Gasteiger partial charge in [-0.25, -0.2) is 4.79 Å². The van der Waals surface area contributed by atoms with E-state index in [-0.39, 0.29) is 6.61 Å². The second-order valence-electron chi connectivity index (χ2n) is 4.46. The van der Waals surface area contributed by atoms with Crippen molar-refractivity contribution >= 4 is 5.97 Å². The second kappa shape index (κ2) is 6.40. The van der Waals surface area contributed by atoms with Crippen molar-refractivity contribution in [3.63, 3.8) is 0 Å². The lowest BCUT2D eigenvalue weighted by Crippen LogP contribution is -2.40. The summed E-state index contributed by atoms with van der Waals surface area (Å²) >= 11 is 0. The van der Waals surface area contributed by atoms with Gasteiger partial charge in [-0.1, -0.05) is 19.1 Å². The van der Waals surface area contributed by atoms with E-state index in [1.807, 2.05) is 12.1 Å². The first kappa shape index (κ1) is 14.5. The molecule has 0 heterocycles. The summed E-state index contributed by atoms with van der Waals surface area (Å²) in [5, 5.41) is 17.8. The van der Waals surface area contributed by atoms with Crippen molar-refractivity contribution in [2.24, 2.45) is 0 Å². The van der Waals surface area contributed by atoms with Gasteiger partial charge >= 0.3 is 5.97 Å². The lowest BCUT2D eigenvalue weighted by molar-refractivity contribution is -0.154. The third-order valence-corrected chi connectivity index (χ3v) is 3.02. The summed E-state index contributed by atoms with van der Waals surface area (Å²) < 4.78 is 5.52. The standard InChI is InChI=1S/C14H20O4/c1-3-14(2,13(16)17)18-12-8-6-11(7-9-12)5-4-10-15/h6-9,15H,3-5,10H2,1-2H3,(H,16,17)/t14-/m1/s1. The summed E-state index contributed by atoms with van der Waals surface area (Å²) in [5.41, 5.74) is -0.0861. The first-order chi connectivity index (χ1) is 8.51. The van der Waals surface area contributed by atoms with Gasteiger partial charge in [0.2, 0.25) is 5.60 Å². The number of carbonyl (C=O) groups is 1. The van der Waals surface area contributed by atoms with Gasteiger partial charge in [0.15, 0.2) is 0 Å². The molecule has 1 aromatic carbocycles. The van der Waals surface area contributed by atoms with E-state index in [0.717, 1.165) is 18.4 Å². The lowest BCUT2D eigenvalue weighted by atomic mass is 10.0. The molecule has 0 saturated heterocycles. The van der Waals surface area contributed by atoms with Crippen LogP contribution in [0.2, 0.25) is 0 Å². The molecule has 2 N–H and O–H groups in total. The van der Waals surface area contributed by atoms with Crippen LogP contribution in [0.5, 0.6) is 5.75 Å². The fourth-order valence-corrected chi connectivity index (χ4v) is 1.53. The number of ether oxygens (including phenoxy) is 1. The van der Waals surface area contributed by atoms with Crippen LogP contribution in [0.15, 0.2) is 24.3 Å². The highest BCUT2D eigenvalue weighted by Crippen LogP contribution is 2.22. The van der Waals surface area contributed by atoms with Crippen LogP contribution in [0.1, 0.15) is 32.3 Å². The number of aryl methyl sites for hydroxylation is 1. The van der Waals surface area contributed by atoms with E-state index in [9.17, 15) is 4.79 Å². The molecule has 0 bridgehead atoms. The molecule has 0 fully saturated rings. The van der Waals surface area contributed by atoms with Crippen molar-refractivity contribution in [2.75, 3.05) is 6.61 Å². The van der Waals surface area contributed by atoms with Crippen molar-refractivity contribution in [2.45, 2.75) is 38.7 Å². The fourth-order valence-electron chi connectivity index (χ4n) is 1.53. The highest BCUT2D eigenvalue weighted by Gasteiger charge is 2.33. The van der Waals surface area contributed by atoms with Crippen molar-refractivity contribution in [1.29, 1.82) is 0 Å². The van der Waals surface area contributed by atoms with Crippen molar-refractivity contribution in [3.05, 3.63) is 29.8 Å². The van der Waals surface area contributed by atoms with Gasteiger partial charge in [0.25, 0.3) is 0 Å². The first-order valence-corrected chi connectivity index (χ1v) is 6.14. The summed E-state index contributed by atoms with van der Waals surface area (Å²) in [6.07, 6.45) is 1.93. The normalized spacial score (nSPS) is 13.9. The topological polar surface area (TPSA) is 66.8 Å². The number of aliphatic hydroxyl groups excluding tert-OH is 1. The molecular weight excluding hydrogens is 232 g/mol. The van der Waals surface area contributed by atoms with Crippen molar-refractivity contribution < 1.29 is 19.7 Å². The second-order valence-corrected chi connectivity index (χ2v) is 4.46. The highest BCUT2D eigenvalue weighted by atomic mass is 16.5. The third-order valence-electron chi connectivity index (χ3n) is 3.02. The van der Waals surface area contributed by atoms with Gasteiger partial charge < -0.3 is 14.9 Å². The Morgan fingerprint density at radius 3 is 2.39 bits per heavy atom. The van der Waals surface area contributed by atoms with E-state index in [0.29, 0.717) is 12.2 Å². The Hall–Kier alpha value is -1.55. The van der Waals surface area contributed by atoms with Crippen LogP contribution in [-0.2, 0) is 11.2 Å². The van der Waals surface area contributed by atoms with Crippen LogP contribution < -0.4 is 4.74 Å². The zero-order valence-corrected chi connectivity index (χ0v) is 10.8. The lowest BCUT2D eigenvalue weighted by Gasteiger charge is -2.24. The molecule has 0 spiro atoms. The molecule has 18 heavy (non-hydrogen) atoms. The molecule has 1 rings (SSSR count). The minimum atomic E-state index is -1.19. The maximum absolute atomic E-state index is 11.1. The number of rotatable bonds is 7. The van der Waals surface area contributed by atoms with Crippen molar-refractivity contribution in [3.8, 4) is 5.75 Å². The first-order valence-electron chi connectivity index (χ1n) is 6.14. The average Bonchev–Trinajstić information content (AvgIpc) is 2.37. The Morgan fingerprint density at radius 1 is 1.33 bits per heavy atom. The molecule has 4 heteroatoms. The molecule has 0 radical (unpaired) electrons. The molecule has 1 aromatic rings. The Balaban J connectivity index is 2.71. The van der Waals surface area contributed by atoms with Gasteiger partial charge in [-0.3, -0.25) is 0 Å². The van der Waals surface area contributed by atoms with E-state index in [2.05, 4.69) is 0 Å². The SMILES string of the molecule is CC[C@@](C)(Oc1ccc(CCCO)cc1)C(=O)O. The zero-order valence-electron chi connectivity index (χ0n) is 10.8. The van der Waals surface area contributed by atoms with Crippen LogP contribution in [0, 0.1) is 0 Å². The number of carboxylic acids is 1. The van der Waals surface area contributed by atoms with Crippen LogP contribution in [0.3, 0.4) is 0 Å². The minimum Gasteiger partial charge on any atom is -0.478 e. The molecule has 0 aliphatic heterocycles. The number of aliphatic carboxylic acids is 1. The van der Waals surface area contributed by atoms with Gasteiger partial charge in [0.1, 0.15) is 5.75 Å². The molecule has 1 atom stereocenters. The van der Waals surface area contributed by atoms with E-state index in [4.69, 9.17) is 14.9 Å². The summed E-state index contributed by atoms with van der Waals surface area (Å²) in [7, 11) is 0. The van der Waals surface area contributed by atoms with Gasteiger partial charge in [0, 0.05) is 6.61 Å². The zero-order chi connectivity index (χ0) is 13.6. The predicted molar refractivity (Wildman–Crippen MR) is 68.8 cm³/mol. The van der Waals surface area contributed by atoms with E-state index in [1.54, 1.807) is 26.0 Å². The van der Waals surface area contributed by atoms with Crippen LogP contribution in [-0.4, -0.2) is 28.4 Å². The Kier molecular flexibility index (Phi) is 5.16. The number of aliphatic hydroxyl groups is 1. The van der Waals surface area contributed by atoms with Gasteiger partial charge in [-0.05, 0) is 43.9 Å². The maximum atomic E-state index is 11.1. The summed E-state index contributed by atoms with van der Waals surface area (Å²) in [6.45, 7) is 3.52. The van der Waals surface area contributed by atoms with Gasteiger partial charge in [-0.15, -0.1) is 0 Å². The molecule has 0 unspecified atom stereocenters. The molecular formula is C14H20O4. The number of benzene rings is 1. The van der Waals surface area contributed by atoms with Crippen molar-refractivity contribution in [1.82, 2.24) is 0 Å². The summed E-state index contributed by atoms with van der Waals surface area (Å²) in [5.74, 6) is -0.413. The maximum Gasteiger partial charge on any atom is 0.347 e. The Morgan fingerprint density at radius 2 is 1.94 bits per heavy atom. The Labute approximate surface area is 107 Å². The van der Waals surface area contributed by atoms with E-state index in [1.165, 1.54) is 0 Å². The smallest absolute Gasteiger partial charge is 0.347 e. The monoisotopic (exact) mass is 252 g/mol. The summed E-state index contributed by atoms with van der Waals surface area (Å²) in [4.78, 5) is 11.1. The average molecular weight is 252 g/mol. The largest absolute Gasteiger partial charge is 0.478 e. The quantitative estimate of drug-likeness (QED) is 0.781. The molecule has 100 valence electrons. The minimum absolute atomic E-state index is 0.172. The van der Waals surface area contributed by atoms with Gasteiger partial charge in [0.05, 0.1) is 0 Å². The Bertz CT molecular complexity index is 385. The fraction of sp³-hybridized carbons (Fsp3) is 0.500. The van der Waals surface area contributed by atoms with Crippen LogP contribution >= 0.6 is 0 Å². The highest BCUT2D eigenvalue weighted by molar-refractivity contribution is 5.77. The predicted octanol–water partition coefficient (Wildman–Crippen LogP) is 2.24. The van der Waals surface area contributed by atoms with E-state index < -0.39 is 11.6 Å². The van der Waals surface area contributed by atoms with Crippen LogP contribution in [0.25, 0.3) is 0 Å². The van der Waals surface area contributed by atoms with Gasteiger partial charge in [-0.2, -0.15) is 0 Å². The number of hydrogen-bond acceptors (Lipinski definition) is 3. The van der Waals surface area contributed by atoms with E-state index >= 15 is 0 Å². The molecule has 0 saturated carbocycles.